The van der Waals surface area contributed by atoms with Gasteiger partial charge in [0, 0.05) is 48.3 Å². The van der Waals surface area contributed by atoms with Gasteiger partial charge in [-0.2, -0.15) is 5.10 Å². The van der Waals surface area contributed by atoms with Crippen LogP contribution >= 0.6 is 11.6 Å². The molecule has 3 rings (SSSR count). The van der Waals surface area contributed by atoms with E-state index < -0.39 is 0 Å². The third kappa shape index (κ3) is 2.78. The number of rotatable bonds is 3. The summed E-state index contributed by atoms with van der Waals surface area (Å²) in [6.45, 7) is 0.517. The number of aryl methyl sites for hydroxylation is 1. The molecule has 1 N–H and O–H groups in total. The van der Waals surface area contributed by atoms with Crippen molar-refractivity contribution < 1.29 is 4.79 Å². The Morgan fingerprint density at radius 3 is 2.95 bits per heavy atom. The summed E-state index contributed by atoms with van der Waals surface area (Å²) >= 11 is 5.96. The molecule has 0 radical (unpaired) electrons. The Bertz CT molecular complexity index is 805. The fraction of sp³-hybridized carbons (Fsp3) is 0.200. The van der Waals surface area contributed by atoms with Crippen molar-refractivity contribution in [2.45, 2.75) is 6.54 Å². The molecule has 21 heavy (non-hydrogen) atoms. The first-order valence-electron chi connectivity index (χ1n) is 6.54. The summed E-state index contributed by atoms with van der Waals surface area (Å²) in [6, 6.07) is 7.33. The zero-order valence-electron chi connectivity index (χ0n) is 11.8. The second-order valence-electron chi connectivity index (χ2n) is 5.10. The lowest BCUT2D eigenvalue weighted by atomic mass is 10.2. The van der Waals surface area contributed by atoms with Crippen molar-refractivity contribution in [3.8, 4) is 0 Å². The van der Waals surface area contributed by atoms with Crippen molar-refractivity contribution in [1.82, 2.24) is 19.7 Å². The van der Waals surface area contributed by atoms with Crippen molar-refractivity contribution in [3.05, 3.63) is 52.9 Å². The first kappa shape index (κ1) is 13.7. The largest absolute Gasteiger partial charge is 0.351 e. The third-order valence-corrected chi connectivity index (χ3v) is 3.57. The SMILES string of the molecule is CN(Cc1cnn(C)c1)C(=O)c1cc2cc(Cl)ccc2[nH]1. The lowest BCUT2D eigenvalue weighted by Crippen LogP contribution is -2.26. The molecular weight excluding hydrogens is 288 g/mol. The molecule has 2 heterocycles. The molecule has 3 aromatic rings. The highest BCUT2D eigenvalue weighted by Gasteiger charge is 2.15. The Morgan fingerprint density at radius 1 is 1.43 bits per heavy atom. The molecule has 0 bridgehead atoms. The van der Waals surface area contributed by atoms with Crippen LogP contribution in [0.2, 0.25) is 5.02 Å². The van der Waals surface area contributed by atoms with Crippen LogP contribution in [-0.4, -0.2) is 32.6 Å². The van der Waals surface area contributed by atoms with Gasteiger partial charge in [-0.25, -0.2) is 0 Å². The molecule has 0 aliphatic rings. The standard InChI is InChI=1S/C15H15ClN4O/c1-19(8-10-7-17-20(2)9-10)15(21)14-6-11-5-12(16)3-4-13(11)18-14/h3-7,9,18H,8H2,1-2H3. The molecule has 1 aromatic carbocycles. The maximum atomic E-state index is 12.4. The number of halogens is 1. The smallest absolute Gasteiger partial charge is 0.270 e. The molecule has 0 aliphatic carbocycles. The molecular formula is C15H15ClN4O. The Balaban J connectivity index is 1.82. The van der Waals surface area contributed by atoms with Crippen molar-refractivity contribution in [2.24, 2.45) is 7.05 Å². The van der Waals surface area contributed by atoms with E-state index in [-0.39, 0.29) is 5.91 Å². The maximum absolute atomic E-state index is 12.4. The average Bonchev–Trinajstić information content (AvgIpc) is 3.03. The quantitative estimate of drug-likeness (QED) is 0.809. The van der Waals surface area contributed by atoms with Gasteiger partial charge in [0.05, 0.1) is 6.20 Å². The van der Waals surface area contributed by atoms with Gasteiger partial charge in [-0.3, -0.25) is 9.48 Å². The van der Waals surface area contributed by atoms with Gasteiger partial charge in [-0.15, -0.1) is 0 Å². The Labute approximate surface area is 127 Å². The number of aromatic nitrogens is 3. The molecule has 0 aliphatic heterocycles. The zero-order valence-corrected chi connectivity index (χ0v) is 12.6. The zero-order chi connectivity index (χ0) is 15.0. The number of hydrogen-bond donors (Lipinski definition) is 1. The summed E-state index contributed by atoms with van der Waals surface area (Å²) < 4.78 is 1.72. The van der Waals surface area contributed by atoms with Gasteiger partial charge in [0.15, 0.2) is 0 Å². The topological polar surface area (TPSA) is 53.9 Å². The molecule has 5 nitrogen and oxygen atoms in total. The van der Waals surface area contributed by atoms with Crippen molar-refractivity contribution in [1.29, 1.82) is 0 Å². The summed E-state index contributed by atoms with van der Waals surface area (Å²) in [5, 5.41) is 5.69. The van der Waals surface area contributed by atoms with E-state index in [4.69, 9.17) is 11.6 Å². The second kappa shape index (κ2) is 5.26. The van der Waals surface area contributed by atoms with Crippen LogP contribution in [0.4, 0.5) is 0 Å². The number of nitrogens with zero attached hydrogens (tertiary/aromatic N) is 3. The number of benzene rings is 1. The van der Waals surface area contributed by atoms with Gasteiger partial charge in [0.25, 0.3) is 5.91 Å². The van der Waals surface area contributed by atoms with E-state index >= 15 is 0 Å². The number of carbonyl (C=O) groups is 1. The van der Waals surface area contributed by atoms with E-state index in [0.717, 1.165) is 16.5 Å². The van der Waals surface area contributed by atoms with Crippen LogP contribution in [0.1, 0.15) is 16.1 Å². The molecule has 1 amide bonds. The van der Waals surface area contributed by atoms with E-state index in [1.165, 1.54) is 0 Å². The molecule has 0 unspecified atom stereocenters. The first-order chi connectivity index (χ1) is 10.0. The molecule has 2 aromatic heterocycles. The van der Waals surface area contributed by atoms with E-state index in [9.17, 15) is 4.79 Å². The normalized spacial score (nSPS) is 11.0. The maximum Gasteiger partial charge on any atom is 0.270 e. The summed E-state index contributed by atoms with van der Waals surface area (Å²) in [5.41, 5.74) is 2.45. The molecule has 6 heteroatoms. The summed E-state index contributed by atoms with van der Waals surface area (Å²) in [7, 11) is 3.63. The van der Waals surface area contributed by atoms with Crippen molar-refractivity contribution in [2.75, 3.05) is 7.05 Å². The molecule has 0 atom stereocenters. The third-order valence-electron chi connectivity index (χ3n) is 3.34. The monoisotopic (exact) mass is 302 g/mol. The number of fused-ring (bicyclic) bond motifs is 1. The number of H-pyrrole nitrogens is 1. The van der Waals surface area contributed by atoms with Crippen LogP contribution in [0.5, 0.6) is 0 Å². The van der Waals surface area contributed by atoms with Crippen LogP contribution in [0.3, 0.4) is 0 Å². The van der Waals surface area contributed by atoms with Gasteiger partial charge in [-0.05, 0) is 24.3 Å². The number of amides is 1. The Kier molecular flexibility index (Phi) is 3.43. The Morgan fingerprint density at radius 2 is 2.24 bits per heavy atom. The minimum atomic E-state index is -0.0637. The number of hydrogen-bond acceptors (Lipinski definition) is 2. The number of aromatic amines is 1. The Hall–Kier alpha value is -2.27. The summed E-state index contributed by atoms with van der Waals surface area (Å²) in [4.78, 5) is 17.2. The van der Waals surface area contributed by atoms with E-state index in [1.807, 2.05) is 31.4 Å². The van der Waals surface area contributed by atoms with Crippen LogP contribution in [0, 0.1) is 0 Å². The average molecular weight is 303 g/mol. The van der Waals surface area contributed by atoms with Crippen LogP contribution in [0.25, 0.3) is 10.9 Å². The predicted octanol–water partition coefficient (Wildman–Crippen LogP) is 2.83. The summed E-state index contributed by atoms with van der Waals surface area (Å²) in [6.07, 6.45) is 3.66. The van der Waals surface area contributed by atoms with Gasteiger partial charge >= 0.3 is 0 Å². The highest BCUT2D eigenvalue weighted by atomic mass is 35.5. The predicted molar refractivity (Wildman–Crippen MR) is 82.3 cm³/mol. The highest BCUT2D eigenvalue weighted by Crippen LogP contribution is 2.21. The lowest BCUT2D eigenvalue weighted by molar-refractivity contribution is 0.0780. The van der Waals surface area contributed by atoms with Crippen LogP contribution in [0.15, 0.2) is 36.7 Å². The second-order valence-corrected chi connectivity index (χ2v) is 5.53. The minimum Gasteiger partial charge on any atom is -0.351 e. The number of carbonyl (C=O) groups excluding carboxylic acids is 1. The van der Waals surface area contributed by atoms with Gasteiger partial charge in [0.1, 0.15) is 5.69 Å². The fourth-order valence-electron chi connectivity index (χ4n) is 2.32. The molecule has 108 valence electrons. The van der Waals surface area contributed by atoms with E-state index in [0.29, 0.717) is 17.3 Å². The van der Waals surface area contributed by atoms with E-state index in [2.05, 4.69) is 10.1 Å². The van der Waals surface area contributed by atoms with Crippen molar-refractivity contribution in [3.63, 3.8) is 0 Å². The molecule has 0 fully saturated rings. The highest BCUT2D eigenvalue weighted by molar-refractivity contribution is 6.31. The molecule has 0 saturated heterocycles. The molecule has 0 spiro atoms. The van der Waals surface area contributed by atoms with Crippen LogP contribution < -0.4 is 0 Å². The summed E-state index contributed by atoms with van der Waals surface area (Å²) in [5.74, 6) is -0.0637. The van der Waals surface area contributed by atoms with Gasteiger partial charge < -0.3 is 9.88 Å². The van der Waals surface area contributed by atoms with Crippen molar-refractivity contribution >= 4 is 28.4 Å². The fourth-order valence-corrected chi connectivity index (χ4v) is 2.50. The molecule has 0 saturated carbocycles. The number of nitrogens with one attached hydrogen (secondary N) is 1. The van der Waals surface area contributed by atoms with Crippen LogP contribution in [-0.2, 0) is 13.6 Å². The minimum absolute atomic E-state index is 0.0637. The lowest BCUT2D eigenvalue weighted by Gasteiger charge is -2.14. The first-order valence-corrected chi connectivity index (χ1v) is 6.92. The van der Waals surface area contributed by atoms with E-state index in [1.54, 1.807) is 28.9 Å². The van der Waals surface area contributed by atoms with Gasteiger partial charge in [-0.1, -0.05) is 11.6 Å². The van der Waals surface area contributed by atoms with Gasteiger partial charge in [0.2, 0.25) is 0 Å².